The molecule has 0 aliphatic rings. The minimum atomic E-state index is -1.46. The molecule has 0 unspecified atom stereocenters. The number of para-hydroxylation sites is 1. The average Bonchev–Trinajstić information content (AvgIpc) is 2.74. The van der Waals surface area contributed by atoms with E-state index in [1.165, 1.54) is 6.07 Å². The number of hydrogen-bond acceptors (Lipinski definition) is 8. The minimum absolute atomic E-state index is 0.0364. The molecule has 1 aromatic heterocycles. The van der Waals surface area contributed by atoms with Gasteiger partial charge >= 0.3 is 17.9 Å². The molecule has 0 spiro atoms. The van der Waals surface area contributed by atoms with Crippen molar-refractivity contribution in [2.75, 3.05) is 21.3 Å². The van der Waals surface area contributed by atoms with E-state index in [1.54, 1.807) is 18.2 Å². The van der Waals surface area contributed by atoms with Gasteiger partial charge in [0.25, 0.3) is 5.91 Å². The van der Waals surface area contributed by atoms with E-state index in [0.29, 0.717) is 5.52 Å². The van der Waals surface area contributed by atoms with Crippen LogP contribution in [0.15, 0.2) is 36.4 Å². The molecule has 28 heavy (non-hydrogen) atoms. The predicted molar refractivity (Wildman–Crippen MR) is 97.2 cm³/mol. The van der Waals surface area contributed by atoms with Gasteiger partial charge in [-0.25, -0.2) is 9.78 Å². The molecular weight excluding hydrogens is 368 g/mol. The van der Waals surface area contributed by atoms with Crippen LogP contribution in [-0.4, -0.2) is 56.2 Å². The fraction of sp³-hybridized carbons (Fsp3) is 0.316. The highest BCUT2D eigenvalue weighted by Crippen LogP contribution is 2.16. The number of nitrogens with one attached hydrogen (secondary N) is 1. The standard InChI is InChI=1S/C19H20N2O7/c1-26-15(22)10-12(18(24)27-2)16(19(25)28-3)21-17(23)14-9-8-11-6-4-5-7-13(11)20-14/h4-9,12,16H,10H2,1-3H3,(H,21,23)/t12-,16-/m0/s1. The van der Waals surface area contributed by atoms with Crippen molar-refractivity contribution < 1.29 is 33.4 Å². The average molecular weight is 388 g/mol. The van der Waals surface area contributed by atoms with Crippen LogP contribution >= 0.6 is 0 Å². The first-order valence-corrected chi connectivity index (χ1v) is 8.30. The van der Waals surface area contributed by atoms with Crippen LogP contribution in [0, 0.1) is 5.92 Å². The van der Waals surface area contributed by atoms with Gasteiger partial charge in [-0.05, 0) is 12.1 Å². The van der Waals surface area contributed by atoms with E-state index in [-0.39, 0.29) is 5.69 Å². The molecule has 0 aliphatic carbocycles. The monoisotopic (exact) mass is 388 g/mol. The summed E-state index contributed by atoms with van der Waals surface area (Å²) in [6.45, 7) is 0. The molecule has 148 valence electrons. The van der Waals surface area contributed by atoms with Crippen molar-refractivity contribution in [3.63, 3.8) is 0 Å². The van der Waals surface area contributed by atoms with Gasteiger partial charge in [0, 0.05) is 5.39 Å². The number of esters is 3. The van der Waals surface area contributed by atoms with Crippen molar-refractivity contribution >= 4 is 34.7 Å². The zero-order valence-corrected chi connectivity index (χ0v) is 15.6. The maximum absolute atomic E-state index is 12.6. The number of carbonyl (C=O) groups is 4. The number of hydrogen-bond donors (Lipinski definition) is 1. The summed E-state index contributed by atoms with van der Waals surface area (Å²) in [6, 6.07) is 8.92. The van der Waals surface area contributed by atoms with E-state index in [9.17, 15) is 19.2 Å². The highest BCUT2D eigenvalue weighted by molar-refractivity contribution is 5.98. The van der Waals surface area contributed by atoms with E-state index in [4.69, 9.17) is 0 Å². The molecule has 9 heteroatoms. The molecular formula is C19H20N2O7. The molecule has 2 aromatic rings. The summed E-state index contributed by atoms with van der Waals surface area (Å²) >= 11 is 0. The molecule has 1 N–H and O–H groups in total. The van der Waals surface area contributed by atoms with Crippen LogP contribution in [0.4, 0.5) is 0 Å². The Bertz CT molecular complexity index is 897. The van der Waals surface area contributed by atoms with E-state index < -0.39 is 42.2 Å². The summed E-state index contributed by atoms with van der Waals surface area (Å²) in [6.07, 6.45) is -0.478. The SMILES string of the molecule is COC(=O)C[C@H](C(=O)OC)[C@H](NC(=O)c1ccc2ccccc2n1)C(=O)OC. The molecule has 0 saturated heterocycles. The molecule has 1 amide bonds. The Morgan fingerprint density at radius 1 is 0.929 bits per heavy atom. The number of nitrogens with zero attached hydrogens (tertiary/aromatic N) is 1. The van der Waals surface area contributed by atoms with Gasteiger partial charge in [0.05, 0.1) is 39.2 Å². The molecule has 9 nitrogen and oxygen atoms in total. The number of carbonyl (C=O) groups excluding carboxylic acids is 4. The number of pyridine rings is 1. The van der Waals surface area contributed by atoms with Gasteiger partial charge in [0.2, 0.25) is 0 Å². The number of benzene rings is 1. The fourth-order valence-corrected chi connectivity index (χ4v) is 2.61. The largest absolute Gasteiger partial charge is 0.469 e. The highest BCUT2D eigenvalue weighted by Gasteiger charge is 2.39. The van der Waals surface area contributed by atoms with Crippen molar-refractivity contribution in [1.29, 1.82) is 0 Å². The minimum Gasteiger partial charge on any atom is -0.469 e. The van der Waals surface area contributed by atoms with Crippen LogP contribution in [-0.2, 0) is 28.6 Å². The fourth-order valence-electron chi connectivity index (χ4n) is 2.61. The van der Waals surface area contributed by atoms with Crippen molar-refractivity contribution in [2.24, 2.45) is 5.92 Å². The second-order valence-corrected chi connectivity index (χ2v) is 5.77. The van der Waals surface area contributed by atoms with Gasteiger partial charge in [-0.2, -0.15) is 0 Å². The van der Waals surface area contributed by atoms with E-state index in [0.717, 1.165) is 26.7 Å². The molecule has 2 rings (SSSR count). The topological polar surface area (TPSA) is 121 Å². The summed E-state index contributed by atoms with van der Waals surface area (Å²) in [7, 11) is 3.34. The second kappa shape index (κ2) is 9.45. The highest BCUT2D eigenvalue weighted by atomic mass is 16.5. The smallest absolute Gasteiger partial charge is 0.329 e. The van der Waals surface area contributed by atoms with Crippen molar-refractivity contribution in [2.45, 2.75) is 12.5 Å². The van der Waals surface area contributed by atoms with Crippen molar-refractivity contribution in [1.82, 2.24) is 10.3 Å². The van der Waals surface area contributed by atoms with Gasteiger partial charge in [0.1, 0.15) is 11.7 Å². The maximum atomic E-state index is 12.6. The number of fused-ring (bicyclic) bond motifs is 1. The summed E-state index contributed by atoms with van der Waals surface area (Å²) in [4.78, 5) is 52.9. The summed E-state index contributed by atoms with van der Waals surface area (Å²) < 4.78 is 13.9. The maximum Gasteiger partial charge on any atom is 0.329 e. The van der Waals surface area contributed by atoms with Crippen molar-refractivity contribution in [3.05, 3.63) is 42.1 Å². The van der Waals surface area contributed by atoms with Gasteiger partial charge in [-0.3, -0.25) is 14.4 Å². The van der Waals surface area contributed by atoms with Gasteiger partial charge in [-0.15, -0.1) is 0 Å². The molecule has 0 bridgehead atoms. The normalized spacial score (nSPS) is 12.5. The first-order valence-electron chi connectivity index (χ1n) is 8.30. The summed E-state index contributed by atoms with van der Waals surface area (Å²) in [5.41, 5.74) is 0.623. The third-order valence-electron chi connectivity index (χ3n) is 4.09. The second-order valence-electron chi connectivity index (χ2n) is 5.77. The Morgan fingerprint density at radius 3 is 2.25 bits per heavy atom. The number of ether oxygens (including phenoxy) is 3. The molecule has 1 heterocycles. The Morgan fingerprint density at radius 2 is 1.61 bits per heavy atom. The zero-order chi connectivity index (χ0) is 20.7. The third kappa shape index (κ3) is 4.81. The third-order valence-corrected chi connectivity index (χ3v) is 4.09. The predicted octanol–water partition coefficient (Wildman–Crippen LogP) is 0.858. The first-order chi connectivity index (χ1) is 13.4. The van der Waals surface area contributed by atoms with E-state index in [1.807, 2.05) is 12.1 Å². The summed E-state index contributed by atoms with van der Waals surface area (Å²) in [5.74, 6) is -4.56. The zero-order valence-electron chi connectivity index (χ0n) is 15.6. The van der Waals surface area contributed by atoms with Crippen LogP contribution in [0.2, 0.25) is 0 Å². The number of aromatic nitrogens is 1. The van der Waals surface area contributed by atoms with Crippen molar-refractivity contribution in [3.8, 4) is 0 Å². The number of amides is 1. The Kier molecular flexibility index (Phi) is 7.02. The molecule has 0 radical (unpaired) electrons. The van der Waals surface area contributed by atoms with Crippen LogP contribution in [0.3, 0.4) is 0 Å². The Balaban J connectivity index is 2.32. The lowest BCUT2D eigenvalue weighted by Crippen LogP contribution is -2.50. The number of methoxy groups -OCH3 is 3. The molecule has 2 atom stereocenters. The molecule has 0 fully saturated rings. The van der Waals surface area contributed by atoms with Crippen LogP contribution in [0.25, 0.3) is 10.9 Å². The van der Waals surface area contributed by atoms with Gasteiger partial charge in [-0.1, -0.05) is 24.3 Å². The Labute approximate surface area is 161 Å². The summed E-state index contributed by atoms with van der Waals surface area (Å²) in [5, 5.41) is 3.24. The quantitative estimate of drug-likeness (QED) is 0.548. The van der Waals surface area contributed by atoms with Crippen LogP contribution in [0.1, 0.15) is 16.9 Å². The van der Waals surface area contributed by atoms with Crippen LogP contribution in [0.5, 0.6) is 0 Å². The van der Waals surface area contributed by atoms with Gasteiger partial charge in [0.15, 0.2) is 0 Å². The lowest BCUT2D eigenvalue weighted by Gasteiger charge is -2.23. The first kappa shape index (κ1) is 20.8. The van der Waals surface area contributed by atoms with Gasteiger partial charge < -0.3 is 19.5 Å². The Hall–Kier alpha value is -3.49. The molecule has 1 aromatic carbocycles. The van der Waals surface area contributed by atoms with E-state index in [2.05, 4.69) is 24.5 Å². The van der Waals surface area contributed by atoms with E-state index >= 15 is 0 Å². The molecule has 0 aliphatic heterocycles. The lowest BCUT2D eigenvalue weighted by molar-refractivity contribution is -0.158. The number of rotatable bonds is 7. The lowest BCUT2D eigenvalue weighted by atomic mass is 9.95. The van der Waals surface area contributed by atoms with Crippen LogP contribution < -0.4 is 5.32 Å². The molecule has 0 saturated carbocycles.